The third-order valence-electron chi connectivity index (χ3n) is 2.14. The Labute approximate surface area is 91.1 Å². The van der Waals surface area contributed by atoms with E-state index in [-0.39, 0.29) is 5.78 Å². The zero-order chi connectivity index (χ0) is 11.1. The number of hydrogen-bond acceptors (Lipinski definition) is 1. The lowest BCUT2D eigenvalue weighted by atomic mass is 9.92. The lowest BCUT2D eigenvalue weighted by Crippen LogP contribution is -2.11. The molecule has 1 nitrogen and oxygen atoms in total. The second-order valence-corrected chi connectivity index (χ2v) is 3.28. The van der Waals surface area contributed by atoms with E-state index in [9.17, 15) is 4.79 Å². The van der Waals surface area contributed by atoms with Crippen LogP contribution in [-0.4, -0.2) is 5.78 Å². The predicted molar refractivity (Wildman–Crippen MR) is 63.6 cm³/mol. The number of Topliss-reactive ketones (excluding diaryl/α,β-unsaturated/α-hetero) is 1. The van der Waals surface area contributed by atoms with E-state index in [0.717, 1.165) is 11.5 Å². The monoisotopic (exact) mass is 199 g/mol. The zero-order valence-electron chi connectivity index (χ0n) is 8.78. The summed E-state index contributed by atoms with van der Waals surface area (Å²) >= 11 is 0. The van der Waals surface area contributed by atoms with Gasteiger partial charge in [-0.15, -0.1) is 13.2 Å². The minimum Gasteiger partial charge on any atom is -0.293 e. The van der Waals surface area contributed by atoms with Crippen LogP contribution in [0.3, 0.4) is 0 Å². The molecule has 0 heterocycles. The summed E-state index contributed by atoms with van der Waals surface area (Å²) in [5.74, 6) is 0.932. The Morgan fingerprint density at radius 1 is 1.07 bits per heavy atom. The van der Waals surface area contributed by atoms with Gasteiger partial charge in [-0.05, 0) is 12.8 Å². The summed E-state index contributed by atoms with van der Waals surface area (Å²) in [6, 6.07) is 9.29. The molecule has 0 fully saturated rings. The molecule has 1 rings (SSSR count). The molecule has 0 aliphatic carbocycles. The van der Waals surface area contributed by atoms with Crippen molar-refractivity contribution in [2.45, 2.75) is 12.8 Å². The quantitative estimate of drug-likeness (QED) is 0.505. The fourth-order valence-corrected chi connectivity index (χ4v) is 1.41. The van der Waals surface area contributed by atoms with Crippen LogP contribution in [0.5, 0.6) is 0 Å². The smallest absolute Gasteiger partial charge is 0.170 e. The number of carbonyl (C=O) groups is 1. The molecule has 0 unspecified atom stereocenters. The van der Waals surface area contributed by atoms with Crippen molar-refractivity contribution in [2.75, 3.05) is 0 Å². The van der Waals surface area contributed by atoms with Crippen LogP contribution in [0.25, 0.3) is 0 Å². The molecule has 1 heteroatoms. The number of benzene rings is 1. The average Bonchev–Trinajstić information content (AvgIpc) is 2.29. The van der Waals surface area contributed by atoms with Crippen molar-refractivity contribution in [2.24, 2.45) is 0 Å². The van der Waals surface area contributed by atoms with Crippen LogP contribution >= 0.6 is 0 Å². The van der Waals surface area contributed by atoms with E-state index in [0.29, 0.717) is 12.8 Å². The molecular weight excluding hydrogens is 184 g/mol. The number of carbonyl (C=O) groups excluding carboxylic acids is 1. The summed E-state index contributed by atoms with van der Waals surface area (Å²) < 4.78 is 0. The molecule has 0 aliphatic heterocycles. The van der Waals surface area contributed by atoms with E-state index in [1.54, 1.807) is 12.2 Å². The van der Waals surface area contributed by atoms with Gasteiger partial charge in [0.05, 0.1) is 5.92 Å². The van der Waals surface area contributed by atoms with Gasteiger partial charge in [-0.2, -0.15) is 0 Å². The van der Waals surface area contributed by atoms with Crippen LogP contribution in [0.4, 0.5) is 0 Å². The zero-order valence-corrected chi connectivity index (χ0v) is 8.78. The van der Waals surface area contributed by atoms with E-state index in [2.05, 4.69) is 13.2 Å². The van der Waals surface area contributed by atoms with Gasteiger partial charge in [0.25, 0.3) is 0 Å². The van der Waals surface area contributed by atoms with Gasteiger partial charge in [-0.25, -0.2) is 0 Å². The van der Waals surface area contributed by atoms with Crippen molar-refractivity contribution in [3.8, 4) is 0 Å². The highest BCUT2D eigenvalue weighted by molar-refractivity contribution is 6.06. The molecule has 0 spiro atoms. The highest BCUT2D eigenvalue weighted by Gasteiger charge is 2.17. The van der Waals surface area contributed by atoms with Crippen LogP contribution in [0.2, 0.25) is 0 Å². The summed E-state index contributed by atoms with van der Waals surface area (Å²) in [5, 5.41) is 0. The van der Waals surface area contributed by atoms with E-state index >= 15 is 0 Å². The molecule has 0 aromatic heterocycles. The molecule has 1 radical (unpaired) electrons. The normalized spacial score (nSPS) is 9.93. The first kappa shape index (κ1) is 11.4. The molecule has 0 saturated heterocycles. The Bertz CT molecular complexity index is 328. The highest BCUT2D eigenvalue weighted by Crippen LogP contribution is 2.19. The number of ketones is 1. The first-order valence-corrected chi connectivity index (χ1v) is 4.95. The maximum atomic E-state index is 12.0. The predicted octanol–water partition coefficient (Wildman–Crippen LogP) is 3.60. The summed E-state index contributed by atoms with van der Waals surface area (Å²) in [4.78, 5) is 12.0. The van der Waals surface area contributed by atoms with E-state index < -0.39 is 0 Å². The average molecular weight is 199 g/mol. The van der Waals surface area contributed by atoms with Gasteiger partial charge in [0.15, 0.2) is 5.78 Å². The van der Waals surface area contributed by atoms with Gasteiger partial charge in [0.2, 0.25) is 0 Å². The van der Waals surface area contributed by atoms with Crippen molar-refractivity contribution in [1.82, 2.24) is 0 Å². The second-order valence-electron chi connectivity index (χ2n) is 3.28. The van der Waals surface area contributed by atoms with Crippen molar-refractivity contribution in [1.29, 1.82) is 0 Å². The Hall–Kier alpha value is -1.63. The Morgan fingerprint density at radius 3 is 2.07 bits per heavy atom. The van der Waals surface area contributed by atoms with Gasteiger partial charge in [-0.3, -0.25) is 4.79 Å². The first-order chi connectivity index (χ1) is 7.29. The molecule has 15 heavy (non-hydrogen) atoms. The second kappa shape index (κ2) is 5.97. The fraction of sp³-hybridized carbons (Fsp3) is 0.143. The van der Waals surface area contributed by atoms with Crippen molar-refractivity contribution in [3.05, 3.63) is 67.1 Å². The first-order valence-electron chi connectivity index (χ1n) is 4.95. The Morgan fingerprint density at radius 2 is 1.60 bits per heavy atom. The molecule has 0 bridgehead atoms. The van der Waals surface area contributed by atoms with Crippen molar-refractivity contribution in [3.63, 3.8) is 0 Å². The fourth-order valence-electron chi connectivity index (χ4n) is 1.41. The summed E-state index contributed by atoms with van der Waals surface area (Å²) in [7, 11) is 0. The van der Waals surface area contributed by atoms with Crippen LogP contribution in [0.15, 0.2) is 55.6 Å². The summed E-state index contributed by atoms with van der Waals surface area (Å²) in [6.07, 6.45) is 4.75. The third-order valence-corrected chi connectivity index (χ3v) is 2.14. The minimum absolute atomic E-state index is 0.0930. The minimum atomic E-state index is 0.0930. The highest BCUT2D eigenvalue weighted by atomic mass is 16.1. The van der Waals surface area contributed by atoms with E-state index in [1.165, 1.54) is 0 Å². The summed E-state index contributed by atoms with van der Waals surface area (Å²) in [6.45, 7) is 7.30. The van der Waals surface area contributed by atoms with E-state index in [4.69, 9.17) is 0 Å². The van der Waals surface area contributed by atoms with Crippen LogP contribution in [0.1, 0.15) is 23.2 Å². The molecule has 0 atom stereocenters. The standard InChI is InChI=1S/C14H15O/c1-3-8-12(9-4-2)14(15)13-10-6-5-7-11-13/h3-7,10-11H,1-2,8-9H2. The van der Waals surface area contributed by atoms with Gasteiger partial charge < -0.3 is 0 Å². The topological polar surface area (TPSA) is 17.1 Å². The van der Waals surface area contributed by atoms with Crippen LogP contribution < -0.4 is 0 Å². The molecule has 1 aromatic carbocycles. The molecule has 77 valence electrons. The molecule has 0 saturated carbocycles. The van der Waals surface area contributed by atoms with Crippen LogP contribution in [0, 0.1) is 5.92 Å². The Kier molecular flexibility index (Phi) is 4.55. The lowest BCUT2D eigenvalue weighted by Gasteiger charge is -2.10. The summed E-state index contributed by atoms with van der Waals surface area (Å²) in [5.41, 5.74) is 0.733. The number of rotatable bonds is 6. The molecule has 0 aliphatic rings. The van der Waals surface area contributed by atoms with Gasteiger partial charge in [0.1, 0.15) is 0 Å². The number of hydrogen-bond donors (Lipinski definition) is 0. The molecule has 1 aromatic rings. The van der Waals surface area contributed by atoms with Gasteiger partial charge in [0, 0.05) is 5.56 Å². The maximum absolute atomic E-state index is 12.0. The molecule has 0 N–H and O–H groups in total. The third kappa shape index (κ3) is 3.21. The van der Waals surface area contributed by atoms with Crippen molar-refractivity contribution >= 4 is 5.78 Å². The largest absolute Gasteiger partial charge is 0.293 e. The van der Waals surface area contributed by atoms with Crippen LogP contribution in [-0.2, 0) is 0 Å². The Balaban J connectivity index is 2.80. The molecule has 0 amide bonds. The van der Waals surface area contributed by atoms with Gasteiger partial charge >= 0.3 is 0 Å². The lowest BCUT2D eigenvalue weighted by molar-refractivity contribution is 0.100. The molecular formula is C14H15O. The maximum Gasteiger partial charge on any atom is 0.170 e. The number of allylic oxidation sites excluding steroid dienone is 2. The van der Waals surface area contributed by atoms with Gasteiger partial charge in [-0.1, -0.05) is 42.5 Å². The van der Waals surface area contributed by atoms with Crippen molar-refractivity contribution < 1.29 is 4.79 Å². The van der Waals surface area contributed by atoms with E-state index in [1.807, 2.05) is 30.3 Å². The SMILES string of the molecule is C=CC[C](CC=C)C(=O)c1ccccc1.